The van der Waals surface area contributed by atoms with E-state index >= 15 is 0 Å². The number of hydrogen-bond acceptors (Lipinski definition) is 7. The Morgan fingerprint density at radius 3 is 2.37 bits per heavy atom. The molecule has 0 saturated carbocycles. The third-order valence-electron chi connectivity index (χ3n) is 5.90. The average molecular weight is 542 g/mol. The maximum atomic E-state index is 13.5. The van der Waals surface area contributed by atoms with Gasteiger partial charge in [-0.1, -0.05) is 18.2 Å². The SMILES string of the molecule is COCCN(CC(=O)N(CCc1ccc(OC)c(OC)c1)Cc1cccs1)C(=O)Nc1cccc(OC)c1. The first-order valence-corrected chi connectivity index (χ1v) is 13.0. The van der Waals surface area contributed by atoms with Crippen LogP contribution in [0.5, 0.6) is 17.2 Å². The highest BCUT2D eigenvalue weighted by atomic mass is 32.1. The van der Waals surface area contributed by atoms with Gasteiger partial charge >= 0.3 is 6.03 Å². The van der Waals surface area contributed by atoms with Crippen molar-refractivity contribution >= 4 is 29.0 Å². The number of rotatable bonds is 14. The fourth-order valence-electron chi connectivity index (χ4n) is 3.80. The number of thiophene rings is 1. The van der Waals surface area contributed by atoms with Crippen molar-refractivity contribution in [2.45, 2.75) is 13.0 Å². The minimum Gasteiger partial charge on any atom is -0.497 e. The third-order valence-corrected chi connectivity index (χ3v) is 6.76. The standard InChI is InChI=1S/C28H35N3O6S/c1-34-15-14-31(28(33)29-22-7-5-8-23(18-22)35-2)20-27(32)30(19-24-9-6-16-38-24)13-12-21-10-11-25(36-3)26(17-21)37-4/h5-11,16-18H,12-15,19-20H2,1-4H3,(H,29,33). The zero-order valence-electron chi connectivity index (χ0n) is 22.3. The van der Waals surface area contributed by atoms with Crippen LogP contribution in [0.25, 0.3) is 0 Å². The van der Waals surface area contributed by atoms with Crippen molar-refractivity contribution in [3.05, 3.63) is 70.4 Å². The fourth-order valence-corrected chi connectivity index (χ4v) is 4.52. The van der Waals surface area contributed by atoms with Gasteiger partial charge in [-0.05, 0) is 47.7 Å². The molecular weight excluding hydrogens is 506 g/mol. The third kappa shape index (κ3) is 8.39. The normalized spacial score (nSPS) is 10.5. The lowest BCUT2D eigenvalue weighted by Gasteiger charge is -2.28. The van der Waals surface area contributed by atoms with Crippen molar-refractivity contribution < 1.29 is 28.5 Å². The number of methoxy groups -OCH3 is 4. The first-order valence-electron chi connectivity index (χ1n) is 12.2. The molecule has 3 rings (SSSR count). The van der Waals surface area contributed by atoms with Gasteiger partial charge in [0.15, 0.2) is 11.5 Å². The van der Waals surface area contributed by atoms with E-state index in [1.54, 1.807) is 68.9 Å². The van der Waals surface area contributed by atoms with Crippen molar-refractivity contribution in [1.29, 1.82) is 0 Å². The molecule has 2 aromatic carbocycles. The summed E-state index contributed by atoms with van der Waals surface area (Å²) in [5.74, 6) is 1.76. The predicted molar refractivity (Wildman–Crippen MR) is 148 cm³/mol. The number of ether oxygens (including phenoxy) is 4. The molecule has 0 spiro atoms. The van der Waals surface area contributed by atoms with Crippen molar-refractivity contribution in [2.75, 3.05) is 60.0 Å². The van der Waals surface area contributed by atoms with E-state index in [0.29, 0.717) is 49.1 Å². The van der Waals surface area contributed by atoms with E-state index in [1.807, 2.05) is 35.7 Å². The van der Waals surface area contributed by atoms with Crippen LogP contribution < -0.4 is 19.5 Å². The van der Waals surface area contributed by atoms with Crippen LogP contribution in [-0.4, -0.2) is 76.4 Å². The monoisotopic (exact) mass is 541 g/mol. The molecule has 0 radical (unpaired) electrons. The molecule has 1 heterocycles. The van der Waals surface area contributed by atoms with Gasteiger partial charge in [-0.25, -0.2) is 4.79 Å². The molecule has 1 N–H and O–H groups in total. The van der Waals surface area contributed by atoms with E-state index < -0.39 is 0 Å². The number of carbonyl (C=O) groups is 2. The van der Waals surface area contributed by atoms with E-state index in [-0.39, 0.29) is 25.0 Å². The van der Waals surface area contributed by atoms with Gasteiger partial charge in [0.25, 0.3) is 0 Å². The van der Waals surface area contributed by atoms with E-state index in [9.17, 15) is 9.59 Å². The topological polar surface area (TPSA) is 89.6 Å². The number of hydrogen-bond donors (Lipinski definition) is 1. The number of benzene rings is 2. The molecule has 10 heteroatoms. The maximum absolute atomic E-state index is 13.5. The average Bonchev–Trinajstić information content (AvgIpc) is 3.46. The van der Waals surface area contributed by atoms with E-state index in [2.05, 4.69) is 5.32 Å². The van der Waals surface area contributed by atoms with Crippen LogP contribution in [0.2, 0.25) is 0 Å². The Kier molecular flexibility index (Phi) is 11.3. The van der Waals surface area contributed by atoms with Crippen LogP contribution in [0.4, 0.5) is 10.5 Å². The minimum atomic E-state index is -0.389. The summed E-state index contributed by atoms with van der Waals surface area (Å²) in [6.45, 7) is 1.41. The first-order chi connectivity index (χ1) is 18.5. The molecule has 0 aliphatic heterocycles. The number of carbonyl (C=O) groups excluding carboxylic acids is 2. The van der Waals surface area contributed by atoms with Gasteiger partial charge < -0.3 is 34.1 Å². The Bertz CT molecular complexity index is 1170. The van der Waals surface area contributed by atoms with Crippen molar-refractivity contribution in [1.82, 2.24) is 9.80 Å². The fraction of sp³-hybridized carbons (Fsp3) is 0.357. The number of urea groups is 1. The van der Waals surface area contributed by atoms with E-state index in [4.69, 9.17) is 18.9 Å². The summed E-state index contributed by atoms with van der Waals surface area (Å²) in [6, 6.07) is 16.4. The molecule has 0 unspecified atom stereocenters. The van der Waals surface area contributed by atoms with Gasteiger partial charge in [0.1, 0.15) is 12.3 Å². The molecule has 1 aromatic heterocycles. The molecule has 0 aliphatic rings. The molecule has 3 amide bonds. The van der Waals surface area contributed by atoms with Crippen LogP contribution in [0.1, 0.15) is 10.4 Å². The summed E-state index contributed by atoms with van der Waals surface area (Å²) in [6.07, 6.45) is 0.617. The van der Waals surface area contributed by atoms with E-state index in [0.717, 1.165) is 10.4 Å². The highest BCUT2D eigenvalue weighted by Crippen LogP contribution is 2.28. The Morgan fingerprint density at radius 2 is 1.68 bits per heavy atom. The van der Waals surface area contributed by atoms with Gasteiger partial charge in [-0.15, -0.1) is 11.3 Å². The lowest BCUT2D eigenvalue weighted by Crippen LogP contribution is -2.46. The lowest BCUT2D eigenvalue weighted by molar-refractivity contribution is -0.132. The van der Waals surface area contributed by atoms with Crippen LogP contribution >= 0.6 is 11.3 Å². The number of amides is 3. The molecule has 3 aromatic rings. The number of anilines is 1. The van der Waals surface area contributed by atoms with Crippen LogP contribution in [-0.2, 0) is 22.5 Å². The maximum Gasteiger partial charge on any atom is 0.322 e. The van der Waals surface area contributed by atoms with Crippen LogP contribution in [0.3, 0.4) is 0 Å². The summed E-state index contributed by atoms with van der Waals surface area (Å²) in [5.41, 5.74) is 1.59. The summed E-state index contributed by atoms with van der Waals surface area (Å²) in [4.78, 5) is 31.0. The van der Waals surface area contributed by atoms with Crippen LogP contribution in [0.15, 0.2) is 60.0 Å². The molecule has 38 heavy (non-hydrogen) atoms. The Morgan fingerprint density at radius 1 is 0.868 bits per heavy atom. The lowest BCUT2D eigenvalue weighted by atomic mass is 10.1. The second-order valence-electron chi connectivity index (χ2n) is 8.41. The molecule has 0 atom stereocenters. The Hall–Kier alpha value is -3.76. The molecule has 204 valence electrons. The van der Waals surface area contributed by atoms with Crippen molar-refractivity contribution in [2.24, 2.45) is 0 Å². The smallest absolute Gasteiger partial charge is 0.322 e. The van der Waals surface area contributed by atoms with Crippen LogP contribution in [0, 0.1) is 0 Å². The Labute approximate surface area is 227 Å². The number of nitrogens with one attached hydrogen (secondary N) is 1. The van der Waals surface area contributed by atoms with E-state index in [1.165, 1.54) is 4.90 Å². The van der Waals surface area contributed by atoms with Gasteiger partial charge in [0.2, 0.25) is 5.91 Å². The van der Waals surface area contributed by atoms with Crippen molar-refractivity contribution in [3.8, 4) is 17.2 Å². The summed E-state index contributed by atoms with van der Waals surface area (Å²) >= 11 is 1.59. The molecule has 9 nitrogen and oxygen atoms in total. The Balaban J connectivity index is 1.73. The zero-order chi connectivity index (χ0) is 27.3. The van der Waals surface area contributed by atoms with Gasteiger partial charge in [-0.2, -0.15) is 0 Å². The highest BCUT2D eigenvalue weighted by Gasteiger charge is 2.22. The second kappa shape index (κ2) is 14.8. The largest absolute Gasteiger partial charge is 0.497 e. The quantitative estimate of drug-likeness (QED) is 0.323. The van der Waals surface area contributed by atoms with Crippen molar-refractivity contribution in [3.63, 3.8) is 0 Å². The van der Waals surface area contributed by atoms with Gasteiger partial charge in [0, 0.05) is 36.8 Å². The summed E-state index contributed by atoms with van der Waals surface area (Å²) in [7, 11) is 6.32. The first kappa shape index (κ1) is 28.8. The predicted octanol–water partition coefficient (Wildman–Crippen LogP) is 4.53. The molecule has 0 bridgehead atoms. The van der Waals surface area contributed by atoms with Gasteiger partial charge in [0.05, 0.1) is 34.5 Å². The zero-order valence-corrected chi connectivity index (χ0v) is 23.1. The van der Waals surface area contributed by atoms with Gasteiger partial charge in [-0.3, -0.25) is 4.79 Å². The summed E-state index contributed by atoms with van der Waals surface area (Å²) < 4.78 is 21.2. The summed E-state index contributed by atoms with van der Waals surface area (Å²) in [5, 5.41) is 4.84. The minimum absolute atomic E-state index is 0.0868. The molecule has 0 fully saturated rings. The second-order valence-corrected chi connectivity index (χ2v) is 9.44. The molecular formula is C28H35N3O6S. The highest BCUT2D eigenvalue weighted by molar-refractivity contribution is 7.09. The number of nitrogens with zero attached hydrogens (tertiary/aromatic N) is 2. The molecule has 0 aliphatic carbocycles. The molecule has 0 saturated heterocycles.